The van der Waals surface area contributed by atoms with Crippen LogP contribution in [-0.4, -0.2) is 49.0 Å². The number of methoxy groups -OCH3 is 1. The van der Waals surface area contributed by atoms with Crippen LogP contribution in [0.5, 0.6) is 17.2 Å². The summed E-state index contributed by atoms with van der Waals surface area (Å²) >= 11 is 5.95. The normalized spacial score (nSPS) is 14.6. The lowest BCUT2D eigenvalue weighted by Crippen LogP contribution is -2.35. The highest BCUT2D eigenvalue weighted by Crippen LogP contribution is 2.31. The molecule has 0 unspecified atom stereocenters. The summed E-state index contributed by atoms with van der Waals surface area (Å²) in [6.07, 6.45) is 0.941. The van der Waals surface area contributed by atoms with Gasteiger partial charge in [-0.25, -0.2) is 0 Å². The lowest BCUT2D eigenvalue weighted by Gasteiger charge is -2.22. The Balaban J connectivity index is 1.37. The Morgan fingerprint density at radius 1 is 0.906 bits per heavy atom. The number of nitrogens with zero attached hydrogens (tertiary/aromatic N) is 2. The van der Waals surface area contributed by atoms with Gasteiger partial charge in [-0.05, 0) is 60.5 Å². The minimum atomic E-state index is 0.0655. The highest BCUT2D eigenvalue weighted by molar-refractivity contribution is 6.30. The molecule has 5 nitrogen and oxygen atoms in total. The predicted octanol–water partition coefficient (Wildman–Crippen LogP) is 5.49. The minimum absolute atomic E-state index is 0.0655. The molecule has 1 heterocycles. The summed E-state index contributed by atoms with van der Waals surface area (Å²) in [7, 11) is 1.64. The first-order chi connectivity index (χ1) is 15.6. The number of rotatable bonds is 6. The Labute approximate surface area is 194 Å². The molecule has 1 fully saturated rings. The van der Waals surface area contributed by atoms with E-state index in [1.807, 2.05) is 41.3 Å². The lowest BCUT2D eigenvalue weighted by molar-refractivity contribution is 0.0761. The number of amides is 1. The second kappa shape index (κ2) is 10.5. The largest absolute Gasteiger partial charge is 0.493 e. The number of ether oxygens (including phenoxy) is 2. The van der Waals surface area contributed by atoms with Crippen LogP contribution in [0.3, 0.4) is 0 Å². The van der Waals surface area contributed by atoms with Gasteiger partial charge in [0.25, 0.3) is 5.91 Å². The van der Waals surface area contributed by atoms with Gasteiger partial charge in [0.05, 0.1) is 7.11 Å². The van der Waals surface area contributed by atoms with Crippen molar-refractivity contribution in [3.8, 4) is 17.2 Å². The quantitative estimate of drug-likeness (QED) is 0.498. The highest BCUT2D eigenvalue weighted by atomic mass is 35.5. The van der Waals surface area contributed by atoms with Crippen LogP contribution in [-0.2, 0) is 6.54 Å². The summed E-state index contributed by atoms with van der Waals surface area (Å²) in [6.45, 7) is 4.05. The molecule has 3 aromatic carbocycles. The number of hydrogen-bond acceptors (Lipinski definition) is 4. The van der Waals surface area contributed by atoms with Crippen molar-refractivity contribution in [2.75, 3.05) is 33.3 Å². The van der Waals surface area contributed by atoms with Gasteiger partial charge in [0, 0.05) is 43.3 Å². The van der Waals surface area contributed by atoms with E-state index in [0.29, 0.717) is 28.6 Å². The Hall–Kier alpha value is -3.02. The lowest BCUT2D eigenvalue weighted by atomic mass is 10.2. The third kappa shape index (κ3) is 5.61. The molecule has 6 heteroatoms. The van der Waals surface area contributed by atoms with E-state index in [2.05, 4.69) is 17.0 Å². The van der Waals surface area contributed by atoms with Gasteiger partial charge in [-0.2, -0.15) is 0 Å². The molecule has 0 bridgehead atoms. The van der Waals surface area contributed by atoms with Crippen molar-refractivity contribution in [1.82, 2.24) is 9.80 Å². The molecule has 0 N–H and O–H groups in total. The molecule has 1 aliphatic heterocycles. The molecule has 32 heavy (non-hydrogen) atoms. The Kier molecular flexibility index (Phi) is 7.30. The molecule has 0 atom stereocenters. The molecule has 1 amide bonds. The van der Waals surface area contributed by atoms with Crippen molar-refractivity contribution in [1.29, 1.82) is 0 Å². The molecule has 166 valence electrons. The monoisotopic (exact) mass is 450 g/mol. The maximum absolute atomic E-state index is 12.8. The zero-order valence-corrected chi connectivity index (χ0v) is 18.9. The van der Waals surface area contributed by atoms with Gasteiger partial charge in [-0.3, -0.25) is 9.69 Å². The first kappa shape index (κ1) is 22.2. The number of hydrogen-bond donors (Lipinski definition) is 0. The molecule has 1 saturated heterocycles. The number of carbonyl (C=O) groups excluding carboxylic acids is 1. The zero-order chi connectivity index (χ0) is 22.3. The van der Waals surface area contributed by atoms with E-state index in [4.69, 9.17) is 21.1 Å². The summed E-state index contributed by atoms with van der Waals surface area (Å²) in [5, 5.41) is 0.639. The molecule has 0 spiro atoms. The van der Waals surface area contributed by atoms with Crippen LogP contribution in [0.15, 0.2) is 72.8 Å². The molecule has 0 radical (unpaired) electrons. The minimum Gasteiger partial charge on any atom is -0.493 e. The summed E-state index contributed by atoms with van der Waals surface area (Å²) < 4.78 is 11.4. The van der Waals surface area contributed by atoms with Crippen LogP contribution < -0.4 is 9.47 Å². The van der Waals surface area contributed by atoms with Crippen LogP contribution in [0, 0.1) is 0 Å². The second-order valence-electron chi connectivity index (χ2n) is 7.83. The van der Waals surface area contributed by atoms with Crippen LogP contribution in [0.25, 0.3) is 0 Å². The van der Waals surface area contributed by atoms with E-state index < -0.39 is 0 Å². The van der Waals surface area contributed by atoms with Gasteiger partial charge in [0.15, 0.2) is 11.5 Å². The predicted molar refractivity (Wildman–Crippen MR) is 127 cm³/mol. The van der Waals surface area contributed by atoms with Crippen LogP contribution in [0.4, 0.5) is 0 Å². The zero-order valence-electron chi connectivity index (χ0n) is 18.2. The van der Waals surface area contributed by atoms with Gasteiger partial charge in [0.1, 0.15) is 5.75 Å². The molecule has 3 aromatic rings. The standard InChI is InChI=1S/C26H27ClN2O3/c1-31-24-8-2-3-9-25(24)32-23-7-4-6-20(18-23)19-28-14-5-15-29(17-16-28)26(30)21-10-12-22(27)13-11-21/h2-4,6-13,18H,5,14-17,19H2,1H3. The molecular formula is C26H27ClN2O3. The summed E-state index contributed by atoms with van der Waals surface area (Å²) in [5.74, 6) is 2.24. The van der Waals surface area contributed by atoms with Crippen LogP contribution in [0.1, 0.15) is 22.3 Å². The van der Waals surface area contributed by atoms with Crippen LogP contribution >= 0.6 is 11.6 Å². The van der Waals surface area contributed by atoms with Crippen LogP contribution in [0.2, 0.25) is 5.02 Å². The van der Waals surface area contributed by atoms with E-state index in [-0.39, 0.29) is 5.91 Å². The van der Waals surface area contributed by atoms with Gasteiger partial charge < -0.3 is 14.4 Å². The van der Waals surface area contributed by atoms with E-state index in [0.717, 1.165) is 38.3 Å². The second-order valence-corrected chi connectivity index (χ2v) is 8.27. The summed E-state index contributed by atoms with van der Waals surface area (Å²) in [4.78, 5) is 17.2. The van der Waals surface area contributed by atoms with E-state index in [9.17, 15) is 4.79 Å². The van der Waals surface area contributed by atoms with Crippen molar-refractivity contribution < 1.29 is 14.3 Å². The summed E-state index contributed by atoms with van der Waals surface area (Å²) in [5.41, 5.74) is 1.86. The third-order valence-corrected chi connectivity index (χ3v) is 5.82. The van der Waals surface area contributed by atoms with E-state index in [1.165, 1.54) is 5.56 Å². The van der Waals surface area contributed by atoms with E-state index in [1.54, 1.807) is 31.4 Å². The number of para-hydroxylation sites is 2. The van der Waals surface area contributed by atoms with Crippen molar-refractivity contribution in [2.24, 2.45) is 0 Å². The molecule has 1 aliphatic rings. The van der Waals surface area contributed by atoms with Crippen molar-refractivity contribution in [2.45, 2.75) is 13.0 Å². The number of halogens is 1. The Morgan fingerprint density at radius 2 is 1.69 bits per heavy atom. The topological polar surface area (TPSA) is 42.0 Å². The van der Waals surface area contributed by atoms with Crippen molar-refractivity contribution in [3.05, 3.63) is 88.9 Å². The fourth-order valence-corrected chi connectivity index (χ4v) is 4.03. The fraction of sp³-hybridized carbons (Fsp3) is 0.269. The average Bonchev–Trinajstić information content (AvgIpc) is 3.05. The third-order valence-electron chi connectivity index (χ3n) is 5.57. The number of carbonyl (C=O) groups is 1. The summed E-state index contributed by atoms with van der Waals surface area (Å²) in [6, 6.07) is 22.9. The Morgan fingerprint density at radius 3 is 2.47 bits per heavy atom. The van der Waals surface area contributed by atoms with E-state index >= 15 is 0 Å². The molecular weight excluding hydrogens is 424 g/mol. The van der Waals surface area contributed by atoms with Crippen molar-refractivity contribution >= 4 is 17.5 Å². The highest BCUT2D eigenvalue weighted by Gasteiger charge is 2.20. The molecule has 4 rings (SSSR count). The van der Waals surface area contributed by atoms with Gasteiger partial charge in [0.2, 0.25) is 0 Å². The maximum atomic E-state index is 12.8. The average molecular weight is 451 g/mol. The molecule has 0 aromatic heterocycles. The van der Waals surface area contributed by atoms with Gasteiger partial charge in [-0.15, -0.1) is 0 Å². The van der Waals surface area contributed by atoms with Gasteiger partial charge in [-0.1, -0.05) is 35.9 Å². The number of benzene rings is 3. The van der Waals surface area contributed by atoms with Gasteiger partial charge >= 0.3 is 0 Å². The van der Waals surface area contributed by atoms with Crippen molar-refractivity contribution in [3.63, 3.8) is 0 Å². The molecule has 0 saturated carbocycles. The maximum Gasteiger partial charge on any atom is 0.253 e. The first-order valence-electron chi connectivity index (χ1n) is 10.8. The SMILES string of the molecule is COc1ccccc1Oc1cccc(CN2CCCN(C(=O)c3ccc(Cl)cc3)CC2)c1. The fourth-order valence-electron chi connectivity index (χ4n) is 3.90. The smallest absolute Gasteiger partial charge is 0.253 e. The molecule has 0 aliphatic carbocycles. The Bertz CT molecular complexity index is 1050. The first-order valence-corrected chi connectivity index (χ1v) is 11.2.